The highest BCUT2D eigenvalue weighted by Crippen LogP contribution is 1.95. The quantitative estimate of drug-likeness (QED) is 0.711. The second kappa shape index (κ2) is 5.04. The summed E-state index contributed by atoms with van der Waals surface area (Å²) in [7, 11) is 4.20. The highest BCUT2D eigenvalue weighted by atomic mass is 15.1. The molecule has 0 saturated carbocycles. The third kappa shape index (κ3) is 3.61. The predicted molar refractivity (Wildman–Crippen MR) is 55.6 cm³/mol. The highest BCUT2D eigenvalue weighted by Gasteiger charge is 2.02. The molecule has 0 radical (unpaired) electrons. The van der Waals surface area contributed by atoms with E-state index in [1.807, 2.05) is 12.4 Å². The summed E-state index contributed by atoms with van der Waals surface area (Å²) in [5, 5.41) is 3.41. The molecule has 0 aromatic carbocycles. The Bertz CT molecular complexity index is 216. The molecule has 74 valence electrons. The van der Waals surface area contributed by atoms with Crippen molar-refractivity contribution in [2.45, 2.75) is 19.5 Å². The number of hydrogen-bond donors (Lipinski definition) is 2. The zero-order valence-corrected chi connectivity index (χ0v) is 8.67. The van der Waals surface area contributed by atoms with Crippen LogP contribution in [-0.4, -0.2) is 36.6 Å². The Hall–Kier alpha value is -0.800. The van der Waals surface area contributed by atoms with Crippen LogP contribution in [0.5, 0.6) is 0 Å². The van der Waals surface area contributed by atoms with Crippen LogP contribution in [0.15, 0.2) is 18.5 Å². The third-order valence-corrected chi connectivity index (χ3v) is 2.31. The van der Waals surface area contributed by atoms with Gasteiger partial charge in [0.05, 0.1) is 0 Å². The van der Waals surface area contributed by atoms with Gasteiger partial charge in [-0.2, -0.15) is 0 Å². The molecule has 0 aliphatic carbocycles. The first-order chi connectivity index (χ1) is 6.20. The van der Waals surface area contributed by atoms with Crippen molar-refractivity contribution in [2.24, 2.45) is 0 Å². The van der Waals surface area contributed by atoms with Gasteiger partial charge in [-0.1, -0.05) is 0 Å². The fourth-order valence-corrected chi connectivity index (χ4v) is 1.08. The highest BCUT2D eigenvalue weighted by molar-refractivity contribution is 5.07. The standard InChI is InChI=1S/C10H19N3/c1-9(13(2)3)6-12-8-10-4-5-11-7-10/h4-5,7,9,11-12H,6,8H2,1-3H3. The van der Waals surface area contributed by atoms with Crippen molar-refractivity contribution < 1.29 is 0 Å². The van der Waals surface area contributed by atoms with Crippen molar-refractivity contribution in [3.8, 4) is 0 Å². The molecule has 1 atom stereocenters. The lowest BCUT2D eigenvalue weighted by Crippen LogP contribution is -2.35. The maximum Gasteiger partial charge on any atom is 0.0221 e. The summed E-state index contributed by atoms with van der Waals surface area (Å²) in [5.74, 6) is 0. The number of rotatable bonds is 5. The second-order valence-corrected chi connectivity index (χ2v) is 3.66. The number of aromatic amines is 1. The number of aromatic nitrogens is 1. The van der Waals surface area contributed by atoms with E-state index in [1.54, 1.807) is 0 Å². The van der Waals surface area contributed by atoms with Crippen LogP contribution >= 0.6 is 0 Å². The van der Waals surface area contributed by atoms with Crippen molar-refractivity contribution in [3.05, 3.63) is 24.0 Å². The molecule has 0 aliphatic heterocycles. The minimum absolute atomic E-state index is 0.582. The van der Waals surface area contributed by atoms with Gasteiger partial charge < -0.3 is 15.2 Å². The van der Waals surface area contributed by atoms with E-state index < -0.39 is 0 Å². The van der Waals surface area contributed by atoms with E-state index in [4.69, 9.17) is 0 Å². The van der Waals surface area contributed by atoms with E-state index in [0.29, 0.717) is 6.04 Å². The van der Waals surface area contributed by atoms with Gasteiger partial charge in [0.15, 0.2) is 0 Å². The smallest absolute Gasteiger partial charge is 0.0221 e. The van der Waals surface area contributed by atoms with Gasteiger partial charge >= 0.3 is 0 Å². The van der Waals surface area contributed by atoms with Crippen LogP contribution in [0.1, 0.15) is 12.5 Å². The maximum absolute atomic E-state index is 3.41. The topological polar surface area (TPSA) is 31.1 Å². The molecule has 1 heterocycles. The molecular weight excluding hydrogens is 162 g/mol. The summed E-state index contributed by atoms with van der Waals surface area (Å²) in [4.78, 5) is 5.25. The Morgan fingerprint density at radius 2 is 2.31 bits per heavy atom. The number of hydrogen-bond acceptors (Lipinski definition) is 2. The molecule has 3 heteroatoms. The Morgan fingerprint density at radius 1 is 1.54 bits per heavy atom. The Labute approximate surface area is 80.1 Å². The molecule has 0 saturated heterocycles. The number of H-pyrrole nitrogens is 1. The largest absolute Gasteiger partial charge is 0.367 e. The van der Waals surface area contributed by atoms with E-state index >= 15 is 0 Å². The zero-order valence-electron chi connectivity index (χ0n) is 8.67. The van der Waals surface area contributed by atoms with Gasteiger partial charge in [0, 0.05) is 31.5 Å². The monoisotopic (exact) mass is 181 g/mol. The van der Waals surface area contributed by atoms with Crippen LogP contribution in [0.25, 0.3) is 0 Å². The van der Waals surface area contributed by atoms with Crippen molar-refractivity contribution in [1.29, 1.82) is 0 Å². The number of nitrogens with one attached hydrogen (secondary N) is 2. The first-order valence-corrected chi connectivity index (χ1v) is 4.69. The molecule has 13 heavy (non-hydrogen) atoms. The molecule has 1 unspecified atom stereocenters. The van der Waals surface area contributed by atoms with Crippen molar-refractivity contribution in [1.82, 2.24) is 15.2 Å². The molecule has 2 N–H and O–H groups in total. The molecule has 1 aromatic rings. The first kappa shape index (κ1) is 10.3. The summed E-state index contributed by atoms with van der Waals surface area (Å²) in [6.45, 7) is 4.18. The van der Waals surface area contributed by atoms with Gasteiger partial charge in [0.25, 0.3) is 0 Å². The van der Waals surface area contributed by atoms with Crippen molar-refractivity contribution in [3.63, 3.8) is 0 Å². The average molecular weight is 181 g/mol. The van der Waals surface area contributed by atoms with Gasteiger partial charge in [0.2, 0.25) is 0 Å². The molecule has 0 aliphatic rings. The van der Waals surface area contributed by atoms with Crippen LogP contribution in [0.3, 0.4) is 0 Å². The molecule has 3 nitrogen and oxygen atoms in total. The summed E-state index contributed by atoms with van der Waals surface area (Å²) in [5.41, 5.74) is 1.31. The normalized spacial score (nSPS) is 13.5. The lowest BCUT2D eigenvalue weighted by molar-refractivity contribution is 0.302. The van der Waals surface area contributed by atoms with E-state index in [1.165, 1.54) is 5.56 Å². The minimum atomic E-state index is 0.582. The first-order valence-electron chi connectivity index (χ1n) is 4.69. The third-order valence-electron chi connectivity index (χ3n) is 2.31. The molecular formula is C10H19N3. The van der Waals surface area contributed by atoms with E-state index in [2.05, 4.69) is 42.3 Å². The minimum Gasteiger partial charge on any atom is -0.367 e. The lowest BCUT2D eigenvalue weighted by Gasteiger charge is -2.19. The Kier molecular flexibility index (Phi) is 3.99. The van der Waals surface area contributed by atoms with E-state index in [-0.39, 0.29) is 0 Å². The van der Waals surface area contributed by atoms with Crippen LogP contribution in [-0.2, 0) is 6.54 Å². The SMILES string of the molecule is CC(CNCc1cc[nH]c1)N(C)C. The Morgan fingerprint density at radius 3 is 2.85 bits per heavy atom. The lowest BCUT2D eigenvalue weighted by atomic mass is 10.3. The summed E-state index contributed by atoms with van der Waals surface area (Å²) in [6.07, 6.45) is 3.97. The van der Waals surface area contributed by atoms with Crippen LogP contribution < -0.4 is 5.32 Å². The van der Waals surface area contributed by atoms with Crippen LogP contribution in [0, 0.1) is 0 Å². The van der Waals surface area contributed by atoms with Crippen LogP contribution in [0.4, 0.5) is 0 Å². The van der Waals surface area contributed by atoms with Crippen molar-refractivity contribution in [2.75, 3.05) is 20.6 Å². The fraction of sp³-hybridized carbons (Fsp3) is 0.600. The van der Waals surface area contributed by atoms with Gasteiger partial charge in [-0.15, -0.1) is 0 Å². The van der Waals surface area contributed by atoms with Gasteiger partial charge in [-0.3, -0.25) is 0 Å². The molecule has 0 spiro atoms. The summed E-state index contributed by atoms with van der Waals surface area (Å²) < 4.78 is 0. The van der Waals surface area contributed by atoms with Gasteiger partial charge in [0.1, 0.15) is 0 Å². The van der Waals surface area contributed by atoms with Gasteiger partial charge in [-0.25, -0.2) is 0 Å². The summed E-state index contributed by atoms with van der Waals surface area (Å²) >= 11 is 0. The average Bonchev–Trinajstić information content (AvgIpc) is 2.56. The molecule has 0 fully saturated rings. The Balaban J connectivity index is 2.14. The van der Waals surface area contributed by atoms with Gasteiger partial charge in [-0.05, 0) is 32.6 Å². The molecule has 0 amide bonds. The number of likely N-dealkylation sites (N-methyl/N-ethyl adjacent to an activating group) is 1. The predicted octanol–water partition coefficient (Wildman–Crippen LogP) is 1.05. The number of nitrogens with zero attached hydrogens (tertiary/aromatic N) is 1. The van der Waals surface area contributed by atoms with Crippen molar-refractivity contribution >= 4 is 0 Å². The maximum atomic E-state index is 3.41. The second-order valence-electron chi connectivity index (χ2n) is 3.66. The zero-order chi connectivity index (χ0) is 9.68. The fourth-order valence-electron chi connectivity index (χ4n) is 1.08. The van der Waals surface area contributed by atoms with Crippen LogP contribution in [0.2, 0.25) is 0 Å². The molecule has 0 bridgehead atoms. The van der Waals surface area contributed by atoms with E-state index in [9.17, 15) is 0 Å². The summed E-state index contributed by atoms with van der Waals surface area (Å²) in [6, 6.07) is 2.67. The van der Waals surface area contributed by atoms with E-state index in [0.717, 1.165) is 13.1 Å². The molecule has 1 aromatic heterocycles. The molecule has 1 rings (SSSR count).